The molecule has 3 heterocycles. The van der Waals surface area contributed by atoms with Crippen molar-refractivity contribution in [2.45, 2.75) is 68.0 Å². The van der Waals surface area contributed by atoms with Crippen molar-refractivity contribution in [2.24, 2.45) is 0 Å². The van der Waals surface area contributed by atoms with E-state index < -0.39 is 0 Å². The second-order valence-corrected chi connectivity index (χ2v) is 6.85. The van der Waals surface area contributed by atoms with Crippen molar-refractivity contribution in [3.8, 4) is 0 Å². The molecule has 0 saturated carbocycles. The maximum absolute atomic E-state index is 12.5. The molecule has 3 nitrogen and oxygen atoms in total. The molecule has 3 aliphatic rings. The summed E-state index contributed by atoms with van der Waals surface area (Å²) in [5.74, 6) is 0.275. The van der Waals surface area contributed by atoms with Gasteiger partial charge in [-0.1, -0.05) is 15.9 Å². The molecule has 0 aliphatic carbocycles. The van der Waals surface area contributed by atoms with Crippen LogP contribution in [0.2, 0.25) is 0 Å². The summed E-state index contributed by atoms with van der Waals surface area (Å²) in [5, 5.41) is 0. The van der Waals surface area contributed by atoms with Gasteiger partial charge in [-0.2, -0.15) is 0 Å². The molecule has 96 valence electrons. The predicted octanol–water partition coefficient (Wildman–Crippen LogP) is 2.47. The first kappa shape index (κ1) is 12.0. The molecule has 2 bridgehead atoms. The van der Waals surface area contributed by atoms with Gasteiger partial charge in [0.2, 0.25) is 0 Å². The van der Waals surface area contributed by atoms with Crippen LogP contribution in [-0.2, 0) is 9.53 Å². The molecule has 3 unspecified atom stereocenters. The van der Waals surface area contributed by atoms with Crippen LogP contribution in [0.3, 0.4) is 0 Å². The van der Waals surface area contributed by atoms with Crippen LogP contribution in [0.15, 0.2) is 0 Å². The highest BCUT2D eigenvalue weighted by molar-refractivity contribution is 9.09. The normalized spacial score (nSPS) is 41.6. The molecule has 0 spiro atoms. The molecule has 17 heavy (non-hydrogen) atoms. The average Bonchev–Trinajstić information content (AvgIpc) is 2.62. The van der Waals surface area contributed by atoms with Gasteiger partial charge in [-0.25, -0.2) is 0 Å². The highest BCUT2D eigenvalue weighted by Crippen LogP contribution is 2.39. The van der Waals surface area contributed by atoms with Gasteiger partial charge in [0.25, 0.3) is 5.91 Å². The standard InChI is InChI=1S/C13H20BrNO2/c14-9-7-10-4-5-11(8-9)15(10)13(16)12-3-1-2-6-17-12/h9-12H,1-8H2. The number of hydrogen-bond donors (Lipinski definition) is 0. The SMILES string of the molecule is O=C(C1CCCCO1)N1C2CCC1CC(Br)C2. The van der Waals surface area contributed by atoms with Gasteiger partial charge in [0, 0.05) is 23.5 Å². The van der Waals surface area contributed by atoms with Crippen LogP contribution >= 0.6 is 15.9 Å². The molecule has 0 aromatic heterocycles. The van der Waals surface area contributed by atoms with E-state index in [9.17, 15) is 4.79 Å². The van der Waals surface area contributed by atoms with Crippen molar-refractivity contribution >= 4 is 21.8 Å². The van der Waals surface area contributed by atoms with E-state index in [2.05, 4.69) is 20.8 Å². The Labute approximate surface area is 111 Å². The zero-order chi connectivity index (χ0) is 11.8. The first-order chi connectivity index (χ1) is 8.25. The molecule has 3 saturated heterocycles. The number of nitrogens with zero attached hydrogens (tertiary/aromatic N) is 1. The molecule has 1 amide bonds. The number of carbonyl (C=O) groups is 1. The minimum Gasteiger partial charge on any atom is -0.368 e. The van der Waals surface area contributed by atoms with Crippen molar-refractivity contribution in [2.75, 3.05) is 6.61 Å². The van der Waals surface area contributed by atoms with Gasteiger partial charge in [-0.05, 0) is 44.9 Å². The minimum atomic E-state index is -0.140. The van der Waals surface area contributed by atoms with E-state index in [1.807, 2.05) is 0 Å². The van der Waals surface area contributed by atoms with Crippen molar-refractivity contribution in [1.29, 1.82) is 0 Å². The first-order valence-electron chi connectivity index (χ1n) is 6.83. The molecule has 0 radical (unpaired) electrons. The van der Waals surface area contributed by atoms with Gasteiger partial charge in [0.05, 0.1) is 0 Å². The van der Waals surface area contributed by atoms with E-state index >= 15 is 0 Å². The minimum absolute atomic E-state index is 0.140. The molecule has 3 rings (SSSR count). The quantitative estimate of drug-likeness (QED) is 0.696. The Bertz CT molecular complexity index is 290. The van der Waals surface area contributed by atoms with Crippen molar-refractivity contribution in [3.63, 3.8) is 0 Å². The summed E-state index contributed by atoms with van der Waals surface area (Å²) >= 11 is 3.71. The van der Waals surface area contributed by atoms with Crippen molar-refractivity contribution in [1.82, 2.24) is 4.90 Å². The number of ether oxygens (including phenoxy) is 1. The van der Waals surface area contributed by atoms with Crippen molar-refractivity contribution < 1.29 is 9.53 Å². The summed E-state index contributed by atoms with van der Waals surface area (Å²) in [4.78, 5) is 15.3. The number of alkyl halides is 1. The van der Waals surface area contributed by atoms with Gasteiger partial charge in [0.15, 0.2) is 0 Å². The fourth-order valence-corrected chi connectivity index (χ4v) is 4.44. The topological polar surface area (TPSA) is 29.5 Å². The number of amides is 1. The zero-order valence-corrected chi connectivity index (χ0v) is 11.7. The van der Waals surface area contributed by atoms with Gasteiger partial charge in [0.1, 0.15) is 6.10 Å². The van der Waals surface area contributed by atoms with E-state index in [-0.39, 0.29) is 12.0 Å². The highest BCUT2D eigenvalue weighted by atomic mass is 79.9. The van der Waals surface area contributed by atoms with E-state index in [1.54, 1.807) is 0 Å². The van der Waals surface area contributed by atoms with Crippen LogP contribution in [-0.4, -0.2) is 40.4 Å². The number of halogens is 1. The van der Waals surface area contributed by atoms with Crippen LogP contribution < -0.4 is 0 Å². The summed E-state index contributed by atoms with van der Waals surface area (Å²) in [7, 11) is 0. The Morgan fingerprint density at radius 1 is 1.12 bits per heavy atom. The second kappa shape index (κ2) is 4.88. The second-order valence-electron chi connectivity index (χ2n) is 5.55. The Morgan fingerprint density at radius 2 is 1.82 bits per heavy atom. The maximum Gasteiger partial charge on any atom is 0.252 e. The van der Waals surface area contributed by atoms with E-state index in [1.165, 1.54) is 12.8 Å². The Hall–Kier alpha value is -0.0900. The molecular formula is C13H20BrNO2. The number of hydrogen-bond acceptors (Lipinski definition) is 2. The van der Waals surface area contributed by atoms with E-state index in [0.29, 0.717) is 16.9 Å². The maximum atomic E-state index is 12.5. The molecule has 3 fully saturated rings. The van der Waals surface area contributed by atoms with Gasteiger partial charge >= 0.3 is 0 Å². The van der Waals surface area contributed by atoms with E-state index in [4.69, 9.17) is 4.74 Å². The Morgan fingerprint density at radius 3 is 2.41 bits per heavy atom. The van der Waals surface area contributed by atoms with Gasteiger partial charge in [-0.3, -0.25) is 4.79 Å². The van der Waals surface area contributed by atoms with Crippen LogP contribution in [0.25, 0.3) is 0 Å². The third-order valence-corrected chi connectivity index (χ3v) is 5.13. The molecule has 3 aliphatic heterocycles. The van der Waals surface area contributed by atoms with E-state index in [0.717, 1.165) is 38.7 Å². The predicted molar refractivity (Wildman–Crippen MR) is 69.2 cm³/mol. The summed E-state index contributed by atoms with van der Waals surface area (Å²) in [6.45, 7) is 0.765. The number of piperidine rings is 1. The third kappa shape index (κ3) is 2.26. The number of carbonyl (C=O) groups excluding carboxylic acids is 1. The lowest BCUT2D eigenvalue weighted by Crippen LogP contribution is -2.51. The summed E-state index contributed by atoms with van der Waals surface area (Å²) in [6.07, 6.45) is 7.65. The molecule has 3 atom stereocenters. The summed E-state index contributed by atoms with van der Waals surface area (Å²) in [6, 6.07) is 0.937. The van der Waals surface area contributed by atoms with Crippen molar-refractivity contribution in [3.05, 3.63) is 0 Å². The lowest BCUT2D eigenvalue weighted by molar-refractivity contribution is -0.150. The first-order valence-corrected chi connectivity index (χ1v) is 7.75. The van der Waals surface area contributed by atoms with Gasteiger partial charge in [-0.15, -0.1) is 0 Å². The smallest absolute Gasteiger partial charge is 0.252 e. The largest absolute Gasteiger partial charge is 0.368 e. The molecule has 0 N–H and O–H groups in total. The zero-order valence-electron chi connectivity index (χ0n) is 10.1. The summed E-state index contributed by atoms with van der Waals surface area (Å²) in [5.41, 5.74) is 0. The summed E-state index contributed by atoms with van der Waals surface area (Å²) < 4.78 is 5.64. The number of fused-ring (bicyclic) bond motifs is 2. The Balaban J connectivity index is 1.69. The van der Waals surface area contributed by atoms with Crippen LogP contribution in [0.4, 0.5) is 0 Å². The third-order valence-electron chi connectivity index (χ3n) is 4.39. The average molecular weight is 302 g/mol. The Kier molecular flexibility index (Phi) is 3.44. The lowest BCUT2D eigenvalue weighted by Gasteiger charge is -2.39. The highest BCUT2D eigenvalue weighted by Gasteiger charge is 2.44. The van der Waals surface area contributed by atoms with Crippen LogP contribution in [0.5, 0.6) is 0 Å². The molecule has 0 aromatic carbocycles. The molecule has 0 aromatic rings. The molecular weight excluding hydrogens is 282 g/mol. The monoisotopic (exact) mass is 301 g/mol. The van der Waals surface area contributed by atoms with Gasteiger partial charge < -0.3 is 9.64 Å². The fourth-order valence-electron chi connectivity index (χ4n) is 3.57. The molecule has 4 heteroatoms. The fraction of sp³-hybridized carbons (Fsp3) is 0.923. The lowest BCUT2D eigenvalue weighted by atomic mass is 10.00. The number of rotatable bonds is 1. The van der Waals surface area contributed by atoms with Crippen LogP contribution in [0.1, 0.15) is 44.9 Å². The van der Waals surface area contributed by atoms with Crippen LogP contribution in [0, 0.1) is 0 Å².